The summed E-state index contributed by atoms with van der Waals surface area (Å²) in [5.74, 6) is -3.40. The molecule has 0 atom stereocenters. The molecule has 57 heavy (non-hydrogen) atoms. The van der Waals surface area contributed by atoms with Crippen LogP contribution in [0.4, 0.5) is 11.4 Å². The van der Waals surface area contributed by atoms with E-state index in [2.05, 4.69) is 13.8 Å². The maximum atomic E-state index is 13.3. The Morgan fingerprint density at radius 3 is 1.16 bits per heavy atom. The van der Waals surface area contributed by atoms with Gasteiger partial charge in [-0.05, 0) is 96.1 Å². The summed E-state index contributed by atoms with van der Waals surface area (Å²) in [6, 6.07) is 35.6. The molecule has 2 N–H and O–H groups in total. The molecule has 0 bridgehead atoms. The predicted molar refractivity (Wildman–Crippen MR) is 207 cm³/mol. The molecule has 280 valence electrons. The van der Waals surface area contributed by atoms with Crippen molar-refractivity contribution in [2.45, 2.75) is 19.3 Å². The minimum atomic E-state index is -1.26. The molecule has 0 spiro atoms. The third-order valence-electron chi connectivity index (χ3n) is 10.1. The number of amides is 4. The first kappa shape index (κ1) is 36.1. The number of hydrogen-bond donors (Lipinski definition) is 2. The second-order valence-corrected chi connectivity index (χ2v) is 13.8. The van der Waals surface area contributed by atoms with Gasteiger partial charge < -0.3 is 19.7 Å². The van der Waals surface area contributed by atoms with E-state index in [-0.39, 0.29) is 44.8 Å². The van der Waals surface area contributed by atoms with Crippen molar-refractivity contribution < 1.29 is 48.5 Å². The first-order chi connectivity index (χ1) is 27.3. The van der Waals surface area contributed by atoms with Gasteiger partial charge in [-0.15, -0.1) is 0 Å². The monoisotopic (exact) mass is 758 g/mol. The third kappa shape index (κ3) is 6.24. The van der Waals surface area contributed by atoms with E-state index in [0.29, 0.717) is 23.0 Å². The molecular formula is C45H30N2O10. The van der Waals surface area contributed by atoms with Gasteiger partial charge in [0, 0.05) is 5.41 Å². The number of anilines is 2. The summed E-state index contributed by atoms with van der Waals surface area (Å²) in [5.41, 5.74) is 1.65. The van der Waals surface area contributed by atoms with Gasteiger partial charge in [0.1, 0.15) is 23.0 Å². The highest BCUT2D eigenvalue weighted by molar-refractivity contribution is 6.36. The van der Waals surface area contributed by atoms with Crippen molar-refractivity contribution in [3.8, 4) is 23.0 Å². The lowest BCUT2D eigenvalue weighted by Crippen LogP contribution is -2.30. The minimum absolute atomic E-state index is 0.00865. The smallest absolute Gasteiger partial charge is 0.337 e. The van der Waals surface area contributed by atoms with Crippen LogP contribution >= 0.6 is 0 Å². The second kappa shape index (κ2) is 13.8. The Morgan fingerprint density at radius 1 is 0.456 bits per heavy atom. The van der Waals surface area contributed by atoms with Gasteiger partial charge in [-0.3, -0.25) is 19.2 Å². The standard InChI is InChI=1S/C45H30N2O10/c1-45(2,25-11-15-27(16-12-25)56-29-19-21-31-35(23-29)41(50)46(39(31)48)37-9-5-3-7-33(37)43(52)53)26-13-17-28(18-14-26)57-30-20-22-32-36(24-30)42(51)47(40(32)49)38-10-6-4-8-34(38)44(54)55/h3-24H,1-2H3,(H,52,53)(H,54,55). The van der Waals surface area contributed by atoms with Crippen molar-refractivity contribution in [2.24, 2.45) is 0 Å². The highest BCUT2D eigenvalue weighted by Gasteiger charge is 2.40. The number of aromatic carboxylic acids is 2. The van der Waals surface area contributed by atoms with Gasteiger partial charge in [0.25, 0.3) is 23.6 Å². The zero-order valence-electron chi connectivity index (χ0n) is 30.3. The molecule has 8 rings (SSSR count). The molecule has 2 heterocycles. The van der Waals surface area contributed by atoms with Crippen LogP contribution in [0.3, 0.4) is 0 Å². The molecule has 0 saturated carbocycles. The van der Waals surface area contributed by atoms with Crippen molar-refractivity contribution >= 4 is 46.9 Å². The Labute approximate surface area is 324 Å². The first-order valence-corrected chi connectivity index (χ1v) is 17.6. The van der Waals surface area contributed by atoms with Crippen LogP contribution < -0.4 is 19.3 Å². The Kier molecular flexibility index (Phi) is 8.73. The number of carboxylic acids is 2. The molecular weight excluding hydrogens is 728 g/mol. The molecule has 0 fully saturated rings. The lowest BCUT2D eigenvalue weighted by Gasteiger charge is -2.26. The van der Waals surface area contributed by atoms with Gasteiger partial charge >= 0.3 is 11.9 Å². The fourth-order valence-corrected chi connectivity index (χ4v) is 7.02. The lowest BCUT2D eigenvalue weighted by molar-refractivity contribution is 0.0686. The topological polar surface area (TPSA) is 168 Å². The molecule has 4 amide bonds. The number of nitrogens with zero attached hydrogens (tertiary/aromatic N) is 2. The number of fused-ring (bicyclic) bond motifs is 2. The van der Waals surface area contributed by atoms with E-state index in [1.165, 1.54) is 60.7 Å². The minimum Gasteiger partial charge on any atom is -0.478 e. The van der Waals surface area contributed by atoms with E-state index in [9.17, 15) is 39.0 Å². The number of imide groups is 2. The highest BCUT2D eigenvalue weighted by Crippen LogP contribution is 2.38. The molecule has 0 aliphatic carbocycles. The quantitative estimate of drug-likeness (QED) is 0.129. The van der Waals surface area contributed by atoms with Gasteiger partial charge in [-0.1, -0.05) is 62.4 Å². The van der Waals surface area contributed by atoms with E-state index in [1.54, 1.807) is 48.5 Å². The SMILES string of the molecule is CC(C)(c1ccc(Oc2ccc3c(c2)C(=O)N(c2ccccc2C(=O)O)C3=O)cc1)c1ccc(Oc2ccc3c(c2)C(=O)N(c2ccccc2C(=O)O)C3=O)cc1. The number of hydrogen-bond acceptors (Lipinski definition) is 8. The summed E-state index contributed by atoms with van der Waals surface area (Å²) >= 11 is 0. The van der Waals surface area contributed by atoms with E-state index in [1.807, 2.05) is 24.3 Å². The van der Waals surface area contributed by atoms with E-state index in [4.69, 9.17) is 9.47 Å². The van der Waals surface area contributed by atoms with Gasteiger partial charge in [0.15, 0.2) is 0 Å². The molecule has 2 aliphatic rings. The molecule has 0 unspecified atom stereocenters. The van der Waals surface area contributed by atoms with Crippen LogP contribution in [0, 0.1) is 0 Å². The maximum absolute atomic E-state index is 13.3. The third-order valence-corrected chi connectivity index (χ3v) is 10.1. The number of para-hydroxylation sites is 2. The van der Waals surface area contributed by atoms with Crippen molar-refractivity contribution in [3.05, 3.63) is 178 Å². The molecule has 0 saturated heterocycles. The summed E-state index contributed by atoms with van der Waals surface area (Å²) in [6.07, 6.45) is 0. The van der Waals surface area contributed by atoms with Crippen LogP contribution in [0.25, 0.3) is 0 Å². The molecule has 6 aromatic rings. The van der Waals surface area contributed by atoms with Crippen LogP contribution in [0.1, 0.15) is 87.1 Å². The number of rotatable bonds is 10. The number of carbonyl (C=O) groups is 6. The van der Waals surface area contributed by atoms with Crippen LogP contribution in [-0.2, 0) is 5.41 Å². The molecule has 0 aromatic heterocycles. The summed E-state index contributed by atoms with van der Waals surface area (Å²) in [7, 11) is 0. The van der Waals surface area contributed by atoms with Crippen LogP contribution in [0.2, 0.25) is 0 Å². The molecule has 6 aromatic carbocycles. The van der Waals surface area contributed by atoms with Crippen molar-refractivity contribution in [2.75, 3.05) is 9.80 Å². The maximum Gasteiger partial charge on any atom is 0.337 e. The van der Waals surface area contributed by atoms with Crippen molar-refractivity contribution in [1.82, 2.24) is 0 Å². The average Bonchev–Trinajstić information content (AvgIpc) is 3.60. The molecule has 2 aliphatic heterocycles. The van der Waals surface area contributed by atoms with E-state index in [0.717, 1.165) is 20.9 Å². The summed E-state index contributed by atoms with van der Waals surface area (Å²) in [6.45, 7) is 4.13. The van der Waals surface area contributed by atoms with Gasteiger partial charge in [0.2, 0.25) is 0 Å². The Hall–Kier alpha value is -7.86. The largest absolute Gasteiger partial charge is 0.478 e. The molecule has 12 heteroatoms. The Morgan fingerprint density at radius 2 is 0.789 bits per heavy atom. The normalized spacial score (nSPS) is 13.4. The molecule has 12 nitrogen and oxygen atoms in total. The predicted octanol–water partition coefficient (Wildman–Crippen LogP) is 8.59. The van der Waals surface area contributed by atoms with Gasteiger partial charge in [0.05, 0.1) is 44.8 Å². The summed E-state index contributed by atoms with van der Waals surface area (Å²) in [5, 5.41) is 19.2. The Bertz CT molecular complexity index is 2520. The first-order valence-electron chi connectivity index (χ1n) is 17.6. The van der Waals surface area contributed by atoms with Crippen molar-refractivity contribution in [1.29, 1.82) is 0 Å². The number of benzene rings is 6. The zero-order valence-corrected chi connectivity index (χ0v) is 30.3. The van der Waals surface area contributed by atoms with Crippen LogP contribution in [-0.4, -0.2) is 45.8 Å². The highest BCUT2D eigenvalue weighted by atomic mass is 16.5. The lowest BCUT2D eigenvalue weighted by atomic mass is 9.78. The van der Waals surface area contributed by atoms with E-state index >= 15 is 0 Å². The van der Waals surface area contributed by atoms with Crippen LogP contribution in [0.15, 0.2) is 133 Å². The summed E-state index contributed by atoms with van der Waals surface area (Å²) in [4.78, 5) is 78.3. The Balaban J connectivity index is 0.944. The zero-order chi connectivity index (χ0) is 40.2. The number of carboxylic acid groups (broad SMARTS) is 2. The fourth-order valence-electron chi connectivity index (χ4n) is 7.02. The molecule has 0 radical (unpaired) electrons. The van der Waals surface area contributed by atoms with Gasteiger partial charge in [-0.2, -0.15) is 0 Å². The number of carbonyl (C=O) groups excluding carboxylic acids is 4. The average molecular weight is 759 g/mol. The van der Waals surface area contributed by atoms with E-state index < -0.39 is 41.0 Å². The van der Waals surface area contributed by atoms with Crippen LogP contribution in [0.5, 0.6) is 23.0 Å². The summed E-state index contributed by atoms with van der Waals surface area (Å²) < 4.78 is 12.1. The van der Waals surface area contributed by atoms with Crippen molar-refractivity contribution in [3.63, 3.8) is 0 Å². The number of ether oxygens (including phenoxy) is 2. The second-order valence-electron chi connectivity index (χ2n) is 13.8. The fraction of sp³-hybridized carbons (Fsp3) is 0.0667. The van der Waals surface area contributed by atoms with Gasteiger partial charge in [-0.25, -0.2) is 19.4 Å².